The number of aliphatic hydroxyl groups excluding tert-OH is 1. The average molecular weight is 515 g/mol. The Hall–Kier alpha value is -2.23. The number of piperazine rings is 1. The Labute approximate surface area is 212 Å². The van der Waals surface area contributed by atoms with Gasteiger partial charge >= 0.3 is 0 Å². The monoisotopic (exact) mass is 514 g/mol. The van der Waals surface area contributed by atoms with E-state index in [1.54, 1.807) is 24.3 Å². The second-order valence-corrected chi connectivity index (χ2v) is 11.9. The van der Waals surface area contributed by atoms with Gasteiger partial charge in [0.1, 0.15) is 0 Å². The highest BCUT2D eigenvalue weighted by atomic mass is 35.5. The molecule has 0 spiro atoms. The second-order valence-electron chi connectivity index (χ2n) is 9.48. The summed E-state index contributed by atoms with van der Waals surface area (Å²) in [5, 5.41) is 12.5. The maximum Gasteiger partial charge on any atom is 0.243 e. The Morgan fingerprint density at radius 3 is 2.40 bits per heavy atom. The molecule has 0 saturated carbocycles. The van der Waals surface area contributed by atoms with Crippen molar-refractivity contribution in [3.8, 4) is 0 Å². The van der Waals surface area contributed by atoms with E-state index in [0.29, 0.717) is 30.6 Å². The molecular weight excluding hydrogens is 484 g/mol. The van der Waals surface area contributed by atoms with Crippen molar-refractivity contribution in [2.45, 2.75) is 23.8 Å². The molecule has 0 radical (unpaired) electrons. The number of halogens is 1. The van der Waals surface area contributed by atoms with Crippen molar-refractivity contribution in [2.75, 3.05) is 50.8 Å². The van der Waals surface area contributed by atoms with E-state index in [4.69, 9.17) is 11.6 Å². The van der Waals surface area contributed by atoms with Gasteiger partial charge in [-0.05, 0) is 65.9 Å². The Balaban J connectivity index is 1.22. The van der Waals surface area contributed by atoms with E-state index in [2.05, 4.69) is 14.8 Å². The zero-order chi connectivity index (χ0) is 24.4. The smallest absolute Gasteiger partial charge is 0.243 e. The van der Waals surface area contributed by atoms with Gasteiger partial charge < -0.3 is 10.0 Å². The van der Waals surface area contributed by atoms with Crippen LogP contribution in [0.3, 0.4) is 0 Å². The van der Waals surface area contributed by atoms with Crippen LogP contribution in [-0.2, 0) is 10.0 Å². The number of sulfonamides is 1. The van der Waals surface area contributed by atoms with Crippen LogP contribution >= 0.6 is 11.6 Å². The molecule has 35 heavy (non-hydrogen) atoms. The molecule has 0 amide bonds. The maximum atomic E-state index is 13.4. The number of anilines is 1. The topological polar surface area (TPSA) is 77.0 Å². The summed E-state index contributed by atoms with van der Waals surface area (Å²) >= 11 is 6.06. The lowest BCUT2D eigenvalue weighted by Crippen LogP contribution is -2.57. The molecule has 1 unspecified atom stereocenters. The van der Waals surface area contributed by atoms with Crippen LogP contribution in [0, 0.1) is 5.92 Å². The Morgan fingerprint density at radius 1 is 0.943 bits per heavy atom. The first-order chi connectivity index (χ1) is 16.9. The fourth-order valence-corrected chi connectivity index (χ4v) is 6.95. The fourth-order valence-electron chi connectivity index (χ4n) is 5.26. The SMILES string of the molecule is O=S(=O)(c1ccc2cc(Cl)ccc2c1)N1CCN(CC2CCN(c3ccncc3)CC2)C(CO)C1. The highest BCUT2D eigenvalue weighted by Crippen LogP contribution is 2.28. The summed E-state index contributed by atoms with van der Waals surface area (Å²) in [5.41, 5.74) is 1.21. The van der Waals surface area contributed by atoms with E-state index in [1.165, 1.54) is 9.99 Å². The van der Waals surface area contributed by atoms with Gasteiger partial charge in [-0.2, -0.15) is 4.31 Å². The molecule has 0 bridgehead atoms. The van der Waals surface area contributed by atoms with Gasteiger partial charge in [-0.1, -0.05) is 23.7 Å². The molecule has 2 saturated heterocycles. The summed E-state index contributed by atoms with van der Waals surface area (Å²) < 4.78 is 28.4. The van der Waals surface area contributed by atoms with Crippen LogP contribution in [0.5, 0.6) is 0 Å². The molecule has 0 aliphatic carbocycles. The molecule has 5 rings (SSSR count). The predicted molar refractivity (Wildman–Crippen MR) is 139 cm³/mol. The lowest BCUT2D eigenvalue weighted by atomic mass is 9.95. The van der Waals surface area contributed by atoms with E-state index >= 15 is 0 Å². The summed E-state index contributed by atoms with van der Waals surface area (Å²) in [6.45, 7) is 4.18. The van der Waals surface area contributed by atoms with Crippen LogP contribution in [0.2, 0.25) is 5.02 Å². The van der Waals surface area contributed by atoms with Crippen LogP contribution < -0.4 is 4.90 Å². The molecule has 3 aromatic rings. The summed E-state index contributed by atoms with van der Waals surface area (Å²) in [5.74, 6) is 0.539. The van der Waals surface area contributed by atoms with Crippen molar-refractivity contribution in [1.29, 1.82) is 0 Å². The van der Waals surface area contributed by atoms with Gasteiger partial charge in [0.2, 0.25) is 10.0 Å². The summed E-state index contributed by atoms with van der Waals surface area (Å²) in [7, 11) is -3.65. The molecule has 186 valence electrons. The number of rotatable bonds is 6. The largest absolute Gasteiger partial charge is 0.395 e. The molecule has 2 aliphatic heterocycles. The molecule has 1 atom stereocenters. The number of aromatic nitrogens is 1. The van der Waals surface area contributed by atoms with Gasteiger partial charge in [-0.25, -0.2) is 8.42 Å². The minimum Gasteiger partial charge on any atom is -0.395 e. The summed E-state index contributed by atoms with van der Waals surface area (Å²) in [6.07, 6.45) is 5.82. The molecule has 2 fully saturated rings. The van der Waals surface area contributed by atoms with Crippen molar-refractivity contribution in [3.63, 3.8) is 0 Å². The van der Waals surface area contributed by atoms with Crippen LogP contribution in [0.15, 0.2) is 65.8 Å². The van der Waals surface area contributed by atoms with E-state index in [0.717, 1.165) is 43.2 Å². The maximum absolute atomic E-state index is 13.4. The van der Waals surface area contributed by atoms with E-state index in [9.17, 15) is 13.5 Å². The minimum absolute atomic E-state index is 0.0574. The molecule has 1 N–H and O–H groups in total. The standard InChI is InChI=1S/C26H31ClN4O3S/c27-23-3-1-22-16-26(4-2-21(22)15-23)35(33,34)31-14-13-30(25(18-31)19-32)17-20-7-11-29(12-8-20)24-5-9-28-10-6-24/h1-6,9-10,15-16,20,25,32H,7-8,11-14,17-19H2. The van der Waals surface area contributed by atoms with Crippen molar-refractivity contribution in [1.82, 2.24) is 14.2 Å². The molecule has 2 aliphatic rings. The number of hydrogen-bond acceptors (Lipinski definition) is 6. The highest BCUT2D eigenvalue weighted by Gasteiger charge is 2.35. The minimum atomic E-state index is -3.65. The van der Waals surface area contributed by atoms with Crippen LogP contribution in [0.1, 0.15) is 12.8 Å². The van der Waals surface area contributed by atoms with Crippen LogP contribution in [-0.4, -0.2) is 79.6 Å². The molecule has 3 heterocycles. The van der Waals surface area contributed by atoms with E-state index < -0.39 is 10.0 Å². The average Bonchev–Trinajstić information content (AvgIpc) is 2.89. The first-order valence-electron chi connectivity index (χ1n) is 12.1. The van der Waals surface area contributed by atoms with Gasteiger partial charge in [-0.15, -0.1) is 0 Å². The van der Waals surface area contributed by atoms with Gasteiger partial charge in [0.15, 0.2) is 0 Å². The molecule has 7 nitrogen and oxygen atoms in total. The van der Waals surface area contributed by atoms with Gasteiger partial charge in [0.05, 0.1) is 11.5 Å². The molecule has 1 aromatic heterocycles. The first-order valence-corrected chi connectivity index (χ1v) is 14.0. The van der Waals surface area contributed by atoms with Crippen molar-refractivity contribution in [3.05, 3.63) is 65.9 Å². The third-order valence-corrected chi connectivity index (χ3v) is 9.42. The van der Waals surface area contributed by atoms with Gasteiger partial charge in [0.25, 0.3) is 0 Å². The van der Waals surface area contributed by atoms with Crippen LogP contribution in [0.4, 0.5) is 5.69 Å². The van der Waals surface area contributed by atoms with Crippen LogP contribution in [0.25, 0.3) is 10.8 Å². The zero-order valence-electron chi connectivity index (χ0n) is 19.6. The predicted octanol–water partition coefficient (Wildman–Crippen LogP) is 3.47. The molecule has 2 aromatic carbocycles. The van der Waals surface area contributed by atoms with Crippen molar-refractivity contribution >= 4 is 38.1 Å². The highest BCUT2D eigenvalue weighted by molar-refractivity contribution is 7.89. The van der Waals surface area contributed by atoms with E-state index in [-0.39, 0.29) is 17.5 Å². The van der Waals surface area contributed by atoms with Crippen molar-refractivity contribution < 1.29 is 13.5 Å². The number of benzene rings is 2. The van der Waals surface area contributed by atoms with Gasteiger partial charge in [-0.3, -0.25) is 9.88 Å². The lowest BCUT2D eigenvalue weighted by molar-refractivity contribution is 0.0554. The van der Waals surface area contributed by atoms with E-state index in [1.807, 2.05) is 36.7 Å². The van der Waals surface area contributed by atoms with Gasteiger partial charge in [0, 0.05) is 68.4 Å². The number of hydrogen-bond donors (Lipinski definition) is 1. The lowest BCUT2D eigenvalue weighted by Gasteiger charge is -2.43. The molecule has 9 heteroatoms. The quantitative estimate of drug-likeness (QED) is 0.543. The third kappa shape index (κ3) is 5.32. The number of piperidine rings is 1. The number of aliphatic hydroxyl groups is 1. The Kier molecular flexibility index (Phi) is 7.27. The number of pyridine rings is 1. The number of nitrogens with zero attached hydrogens (tertiary/aromatic N) is 4. The zero-order valence-corrected chi connectivity index (χ0v) is 21.2. The molecular formula is C26H31ClN4O3S. The van der Waals surface area contributed by atoms with Crippen molar-refractivity contribution in [2.24, 2.45) is 5.92 Å². The summed E-state index contributed by atoms with van der Waals surface area (Å²) in [6, 6.07) is 14.5. The Morgan fingerprint density at radius 2 is 1.66 bits per heavy atom. The normalized spacial score (nSPS) is 21.0. The summed E-state index contributed by atoms with van der Waals surface area (Å²) in [4.78, 5) is 9.05. The third-order valence-electron chi connectivity index (χ3n) is 7.32. The Bertz CT molecular complexity index is 1270. The number of fused-ring (bicyclic) bond motifs is 1. The first kappa shape index (κ1) is 24.5. The second kappa shape index (κ2) is 10.4. The fraction of sp³-hybridized carbons (Fsp3) is 0.423.